The average Bonchev–Trinajstić information content (AvgIpc) is 2.30. The molecule has 0 fully saturated rings. The third kappa shape index (κ3) is 1.46. The molecule has 1 atom stereocenters. The Bertz CT molecular complexity index is 291. The van der Waals surface area contributed by atoms with Crippen molar-refractivity contribution in [3.05, 3.63) is 10.3 Å². The van der Waals surface area contributed by atoms with Crippen molar-refractivity contribution in [2.75, 3.05) is 0 Å². The third-order valence-electron chi connectivity index (χ3n) is 1.32. The molecule has 2 N–H and O–H groups in total. The molecule has 0 aliphatic carbocycles. The molecule has 0 aliphatic heterocycles. The minimum Gasteiger partial charge on any atom is -0.479 e. The van der Waals surface area contributed by atoms with Gasteiger partial charge < -0.3 is 10.2 Å². The van der Waals surface area contributed by atoms with Gasteiger partial charge in [0, 0.05) is 7.05 Å². The first-order chi connectivity index (χ1) is 5.54. The van der Waals surface area contributed by atoms with Gasteiger partial charge in [0.1, 0.15) is 5.69 Å². The molecule has 1 unspecified atom stereocenters. The van der Waals surface area contributed by atoms with Gasteiger partial charge in [-0.25, -0.2) is 9.48 Å². The van der Waals surface area contributed by atoms with E-state index in [9.17, 15) is 4.79 Å². The van der Waals surface area contributed by atoms with Crippen LogP contribution in [0.25, 0.3) is 0 Å². The second kappa shape index (κ2) is 3.20. The largest absolute Gasteiger partial charge is 0.479 e. The first kappa shape index (κ1) is 9.14. The molecule has 0 aromatic carbocycles. The Morgan fingerprint density at radius 3 is 2.67 bits per heavy atom. The lowest BCUT2D eigenvalue weighted by Gasteiger charge is -2.04. The third-order valence-corrected chi connectivity index (χ3v) is 1.88. The molecule has 1 heterocycles. The van der Waals surface area contributed by atoms with Gasteiger partial charge in [-0.15, -0.1) is 5.10 Å². The number of hydrogen-bond acceptors (Lipinski definition) is 4. The van der Waals surface area contributed by atoms with Crippen LogP contribution in [0.3, 0.4) is 0 Å². The van der Waals surface area contributed by atoms with E-state index in [1.54, 1.807) is 0 Å². The second-order valence-corrected chi connectivity index (χ2v) is 2.88. The summed E-state index contributed by atoms with van der Waals surface area (Å²) in [5.74, 6) is -1.33. The van der Waals surface area contributed by atoms with Gasteiger partial charge in [0.05, 0.1) is 0 Å². The number of aliphatic hydroxyl groups excluding tert-OH is 1. The minimum absolute atomic E-state index is 0.127. The van der Waals surface area contributed by atoms with Crippen LogP contribution < -0.4 is 0 Å². The number of hydrogen-bond donors (Lipinski definition) is 2. The Morgan fingerprint density at radius 2 is 2.33 bits per heavy atom. The predicted octanol–water partition coefficient (Wildman–Crippen LogP) is -0.304. The van der Waals surface area contributed by atoms with Gasteiger partial charge in [-0.3, -0.25) is 0 Å². The highest BCUT2D eigenvalue weighted by Crippen LogP contribution is 2.19. The SMILES string of the molecule is Cn1nnc(Br)c1C(O)C(=O)O. The number of aryl methyl sites for hydroxylation is 1. The molecule has 0 amide bonds. The van der Waals surface area contributed by atoms with Crippen LogP contribution in [0.2, 0.25) is 0 Å². The maximum absolute atomic E-state index is 10.4. The quantitative estimate of drug-likeness (QED) is 0.735. The van der Waals surface area contributed by atoms with E-state index in [0.29, 0.717) is 0 Å². The lowest BCUT2D eigenvalue weighted by Crippen LogP contribution is -2.14. The minimum atomic E-state index is -1.60. The van der Waals surface area contributed by atoms with Gasteiger partial charge in [0.25, 0.3) is 0 Å². The van der Waals surface area contributed by atoms with Crippen molar-refractivity contribution in [3.63, 3.8) is 0 Å². The smallest absolute Gasteiger partial charge is 0.338 e. The molecule has 0 saturated heterocycles. The highest BCUT2D eigenvalue weighted by molar-refractivity contribution is 9.10. The Labute approximate surface area is 75.9 Å². The molecular weight excluding hydrogens is 230 g/mol. The molecular formula is C5H6BrN3O3. The first-order valence-electron chi connectivity index (χ1n) is 3.00. The zero-order valence-electron chi connectivity index (χ0n) is 6.10. The van der Waals surface area contributed by atoms with Gasteiger partial charge in [0.2, 0.25) is 0 Å². The molecule has 1 aromatic heterocycles. The molecule has 7 heteroatoms. The molecule has 66 valence electrons. The molecule has 0 saturated carbocycles. The number of rotatable bonds is 2. The van der Waals surface area contributed by atoms with Crippen LogP contribution in [0.1, 0.15) is 11.8 Å². The second-order valence-electron chi connectivity index (χ2n) is 2.13. The summed E-state index contributed by atoms with van der Waals surface area (Å²) in [7, 11) is 1.50. The standard InChI is InChI=1S/C5H6BrN3O3/c1-9-2(3(10)5(11)12)4(6)7-8-9/h3,10H,1H3,(H,11,12). The van der Waals surface area contributed by atoms with Crippen molar-refractivity contribution in [1.29, 1.82) is 0 Å². The molecule has 1 rings (SSSR count). The van der Waals surface area contributed by atoms with E-state index >= 15 is 0 Å². The molecule has 0 aliphatic rings. The lowest BCUT2D eigenvalue weighted by molar-refractivity contribution is -0.147. The zero-order chi connectivity index (χ0) is 9.30. The van der Waals surface area contributed by atoms with E-state index in [2.05, 4.69) is 26.2 Å². The summed E-state index contributed by atoms with van der Waals surface area (Å²) in [5, 5.41) is 24.6. The maximum Gasteiger partial charge on any atom is 0.338 e. The van der Waals surface area contributed by atoms with Crippen LogP contribution in [-0.4, -0.2) is 31.2 Å². The van der Waals surface area contributed by atoms with E-state index in [-0.39, 0.29) is 10.3 Å². The summed E-state index contributed by atoms with van der Waals surface area (Å²) in [6.07, 6.45) is -1.60. The van der Waals surface area contributed by atoms with Gasteiger partial charge in [-0.1, -0.05) is 5.21 Å². The summed E-state index contributed by atoms with van der Waals surface area (Å²) in [6.45, 7) is 0. The average molecular weight is 236 g/mol. The van der Waals surface area contributed by atoms with Crippen LogP contribution in [0.15, 0.2) is 4.60 Å². The van der Waals surface area contributed by atoms with Crippen molar-refractivity contribution in [2.45, 2.75) is 6.10 Å². The topological polar surface area (TPSA) is 88.2 Å². The van der Waals surface area contributed by atoms with Crippen molar-refractivity contribution in [1.82, 2.24) is 15.0 Å². The Kier molecular flexibility index (Phi) is 2.43. The van der Waals surface area contributed by atoms with Crippen LogP contribution in [0, 0.1) is 0 Å². The summed E-state index contributed by atoms with van der Waals surface area (Å²) in [6, 6.07) is 0. The highest BCUT2D eigenvalue weighted by atomic mass is 79.9. The van der Waals surface area contributed by atoms with Crippen molar-refractivity contribution in [3.8, 4) is 0 Å². The number of halogens is 1. The predicted molar refractivity (Wildman–Crippen MR) is 41.3 cm³/mol. The van der Waals surface area contributed by atoms with E-state index in [1.807, 2.05) is 0 Å². The Hall–Kier alpha value is -0.950. The summed E-state index contributed by atoms with van der Waals surface area (Å²) >= 11 is 2.97. The van der Waals surface area contributed by atoms with E-state index in [4.69, 9.17) is 10.2 Å². The molecule has 12 heavy (non-hydrogen) atoms. The monoisotopic (exact) mass is 235 g/mol. The molecule has 6 nitrogen and oxygen atoms in total. The summed E-state index contributed by atoms with van der Waals surface area (Å²) < 4.78 is 1.43. The van der Waals surface area contributed by atoms with Crippen molar-refractivity contribution in [2.24, 2.45) is 7.05 Å². The van der Waals surface area contributed by atoms with Gasteiger partial charge in [-0.2, -0.15) is 0 Å². The molecule has 0 spiro atoms. The number of nitrogens with zero attached hydrogens (tertiary/aromatic N) is 3. The Balaban J connectivity index is 3.08. The molecule has 0 bridgehead atoms. The highest BCUT2D eigenvalue weighted by Gasteiger charge is 2.23. The maximum atomic E-state index is 10.4. The normalized spacial score (nSPS) is 12.9. The van der Waals surface area contributed by atoms with Crippen LogP contribution in [0.4, 0.5) is 0 Å². The molecule has 1 aromatic rings. The number of aromatic nitrogens is 3. The van der Waals surface area contributed by atoms with Crippen LogP contribution >= 0.6 is 15.9 Å². The van der Waals surface area contributed by atoms with E-state index < -0.39 is 12.1 Å². The number of aliphatic carboxylic acids is 1. The number of aliphatic hydroxyl groups is 1. The van der Waals surface area contributed by atoms with Crippen LogP contribution in [0.5, 0.6) is 0 Å². The summed E-state index contributed by atoms with van der Waals surface area (Å²) in [4.78, 5) is 10.4. The number of carboxylic acids is 1. The molecule has 0 radical (unpaired) electrons. The fraction of sp³-hybridized carbons (Fsp3) is 0.400. The van der Waals surface area contributed by atoms with E-state index in [0.717, 1.165) is 0 Å². The lowest BCUT2D eigenvalue weighted by atomic mass is 10.3. The zero-order valence-corrected chi connectivity index (χ0v) is 7.69. The van der Waals surface area contributed by atoms with Gasteiger partial charge >= 0.3 is 5.97 Å². The Morgan fingerprint density at radius 1 is 1.75 bits per heavy atom. The van der Waals surface area contributed by atoms with E-state index in [1.165, 1.54) is 11.7 Å². The fourth-order valence-corrected chi connectivity index (χ4v) is 1.29. The van der Waals surface area contributed by atoms with Gasteiger partial charge in [-0.05, 0) is 15.9 Å². The number of carboxylic acid groups (broad SMARTS) is 1. The first-order valence-corrected chi connectivity index (χ1v) is 3.79. The summed E-state index contributed by atoms with van der Waals surface area (Å²) in [5.41, 5.74) is 0.127. The van der Waals surface area contributed by atoms with Gasteiger partial charge in [0.15, 0.2) is 10.7 Å². The van der Waals surface area contributed by atoms with Crippen molar-refractivity contribution >= 4 is 21.9 Å². The fourth-order valence-electron chi connectivity index (χ4n) is 0.746. The van der Waals surface area contributed by atoms with Crippen LogP contribution in [-0.2, 0) is 11.8 Å². The van der Waals surface area contributed by atoms with Crippen molar-refractivity contribution < 1.29 is 15.0 Å². The number of carbonyl (C=O) groups is 1.